The average Bonchev–Trinajstić information content (AvgIpc) is 2.63. The fraction of sp³-hybridized carbons (Fsp3) is 0.800. The molecule has 0 aliphatic rings. The van der Waals surface area contributed by atoms with Gasteiger partial charge in [-0.3, -0.25) is 0 Å². The van der Waals surface area contributed by atoms with E-state index in [-0.39, 0.29) is 12.0 Å². The van der Waals surface area contributed by atoms with Crippen molar-refractivity contribution in [2.24, 2.45) is 0 Å². The van der Waals surface area contributed by atoms with Crippen molar-refractivity contribution in [3.63, 3.8) is 0 Å². The molecule has 0 aliphatic carbocycles. The molecule has 1 atom stereocenters. The number of aromatic nitrogens is 2. The summed E-state index contributed by atoms with van der Waals surface area (Å²) in [6, 6.07) is 0. The lowest BCUT2D eigenvalue weighted by molar-refractivity contribution is 0.0386. The Morgan fingerprint density at radius 3 is 2.67 bits per heavy atom. The minimum atomic E-state index is 0.143. The van der Waals surface area contributed by atoms with Gasteiger partial charge in [-0.15, -0.1) is 0 Å². The summed E-state index contributed by atoms with van der Waals surface area (Å²) < 4.78 is 10.6. The molecule has 0 amide bonds. The largest absolute Gasteiger partial charge is 0.367 e. The summed E-state index contributed by atoms with van der Waals surface area (Å²) in [7, 11) is 1.89. The lowest BCUT2D eigenvalue weighted by atomic mass is 10.2. The summed E-state index contributed by atoms with van der Waals surface area (Å²) in [6.45, 7) is 7.24. The van der Waals surface area contributed by atoms with E-state index in [1.807, 2.05) is 27.8 Å². The molecule has 0 spiro atoms. The van der Waals surface area contributed by atoms with E-state index < -0.39 is 0 Å². The van der Waals surface area contributed by atoms with Crippen LogP contribution in [0.25, 0.3) is 0 Å². The number of hydrogen-bond donors (Lipinski definition) is 1. The topological polar surface area (TPSA) is 60.2 Å². The lowest BCUT2D eigenvalue weighted by Gasteiger charge is -2.09. The van der Waals surface area contributed by atoms with Crippen molar-refractivity contribution >= 4 is 0 Å². The van der Waals surface area contributed by atoms with Crippen LogP contribution in [0.5, 0.6) is 0 Å². The third-order valence-electron chi connectivity index (χ3n) is 1.98. The minimum absolute atomic E-state index is 0.143. The first kappa shape index (κ1) is 12.1. The van der Waals surface area contributed by atoms with Crippen molar-refractivity contribution in [1.29, 1.82) is 0 Å². The van der Waals surface area contributed by atoms with Crippen molar-refractivity contribution < 1.29 is 9.26 Å². The van der Waals surface area contributed by atoms with Gasteiger partial charge in [0, 0.05) is 12.5 Å². The maximum atomic E-state index is 5.50. The molecule has 1 rings (SSSR count). The highest BCUT2D eigenvalue weighted by Gasteiger charge is 2.10. The predicted molar refractivity (Wildman–Crippen MR) is 56.6 cm³/mol. The van der Waals surface area contributed by atoms with Gasteiger partial charge in [-0.2, -0.15) is 4.98 Å². The SMILES string of the molecule is CNCC(C)OCc1nc(C(C)C)no1. The number of nitrogens with one attached hydrogen (secondary N) is 1. The van der Waals surface area contributed by atoms with Crippen LogP contribution in [-0.4, -0.2) is 29.8 Å². The fourth-order valence-electron chi connectivity index (χ4n) is 1.12. The molecule has 0 saturated heterocycles. The Morgan fingerprint density at radius 2 is 2.13 bits per heavy atom. The smallest absolute Gasteiger partial charge is 0.252 e. The monoisotopic (exact) mass is 213 g/mol. The summed E-state index contributed by atoms with van der Waals surface area (Å²) >= 11 is 0. The molecule has 0 bridgehead atoms. The number of nitrogens with zero attached hydrogens (tertiary/aromatic N) is 2. The van der Waals surface area contributed by atoms with Crippen LogP contribution in [0.3, 0.4) is 0 Å². The predicted octanol–water partition coefficient (Wildman–Crippen LogP) is 1.32. The van der Waals surface area contributed by atoms with Gasteiger partial charge in [-0.1, -0.05) is 19.0 Å². The summed E-state index contributed by atoms with van der Waals surface area (Å²) in [5, 5.41) is 6.89. The molecule has 0 saturated carbocycles. The molecule has 0 aliphatic heterocycles. The third-order valence-corrected chi connectivity index (χ3v) is 1.98. The van der Waals surface area contributed by atoms with Gasteiger partial charge in [-0.05, 0) is 14.0 Å². The highest BCUT2D eigenvalue weighted by atomic mass is 16.5. The van der Waals surface area contributed by atoms with Crippen LogP contribution in [0, 0.1) is 0 Å². The normalized spacial score (nSPS) is 13.4. The molecule has 15 heavy (non-hydrogen) atoms. The van der Waals surface area contributed by atoms with Crippen LogP contribution in [0.4, 0.5) is 0 Å². The van der Waals surface area contributed by atoms with Gasteiger partial charge >= 0.3 is 0 Å². The van der Waals surface area contributed by atoms with Crippen molar-refractivity contribution in [2.75, 3.05) is 13.6 Å². The Labute approximate surface area is 90.2 Å². The second-order valence-electron chi connectivity index (χ2n) is 3.88. The van der Waals surface area contributed by atoms with E-state index in [1.54, 1.807) is 0 Å². The van der Waals surface area contributed by atoms with E-state index in [0.717, 1.165) is 12.4 Å². The number of ether oxygens (including phenoxy) is 1. The average molecular weight is 213 g/mol. The molecule has 1 aromatic rings. The van der Waals surface area contributed by atoms with E-state index in [4.69, 9.17) is 9.26 Å². The van der Waals surface area contributed by atoms with Crippen LogP contribution in [0.15, 0.2) is 4.52 Å². The molecule has 0 radical (unpaired) electrons. The Balaban J connectivity index is 2.37. The van der Waals surface area contributed by atoms with Gasteiger partial charge < -0.3 is 14.6 Å². The molecule has 1 heterocycles. The first-order chi connectivity index (χ1) is 7.13. The Morgan fingerprint density at radius 1 is 1.40 bits per heavy atom. The Bertz CT molecular complexity index is 286. The summed E-state index contributed by atoms with van der Waals surface area (Å²) in [6.07, 6.45) is 0.143. The van der Waals surface area contributed by atoms with E-state index in [1.165, 1.54) is 0 Å². The number of likely N-dealkylation sites (N-methyl/N-ethyl adjacent to an activating group) is 1. The highest BCUT2D eigenvalue weighted by Crippen LogP contribution is 2.10. The van der Waals surface area contributed by atoms with Gasteiger partial charge in [-0.25, -0.2) is 0 Å². The van der Waals surface area contributed by atoms with E-state index in [2.05, 4.69) is 15.5 Å². The van der Waals surface area contributed by atoms with Crippen LogP contribution in [-0.2, 0) is 11.3 Å². The molecule has 1 aromatic heterocycles. The minimum Gasteiger partial charge on any atom is -0.367 e. The molecular weight excluding hydrogens is 194 g/mol. The van der Waals surface area contributed by atoms with Gasteiger partial charge in [0.15, 0.2) is 5.82 Å². The number of hydrogen-bond acceptors (Lipinski definition) is 5. The summed E-state index contributed by atoms with van der Waals surface area (Å²) in [4.78, 5) is 4.22. The lowest BCUT2D eigenvalue weighted by Crippen LogP contribution is -2.23. The zero-order valence-electron chi connectivity index (χ0n) is 9.78. The molecular formula is C10H19N3O2. The van der Waals surface area contributed by atoms with Crippen LogP contribution in [0.1, 0.15) is 38.4 Å². The standard InChI is InChI=1S/C10H19N3O2/c1-7(2)10-12-9(15-13-10)6-14-8(3)5-11-4/h7-8,11H,5-6H2,1-4H3. The Kier molecular flexibility index (Phi) is 4.71. The summed E-state index contributed by atoms with van der Waals surface area (Å²) in [5.74, 6) is 1.56. The molecule has 1 N–H and O–H groups in total. The zero-order valence-corrected chi connectivity index (χ0v) is 9.78. The molecule has 0 aromatic carbocycles. The maximum absolute atomic E-state index is 5.50. The highest BCUT2D eigenvalue weighted by molar-refractivity contribution is 4.90. The van der Waals surface area contributed by atoms with Gasteiger partial charge in [0.25, 0.3) is 5.89 Å². The van der Waals surface area contributed by atoms with Crippen molar-refractivity contribution in [3.05, 3.63) is 11.7 Å². The molecule has 1 unspecified atom stereocenters. The quantitative estimate of drug-likeness (QED) is 0.772. The van der Waals surface area contributed by atoms with Crippen molar-refractivity contribution in [3.8, 4) is 0 Å². The maximum Gasteiger partial charge on any atom is 0.252 e. The summed E-state index contributed by atoms with van der Waals surface area (Å²) in [5.41, 5.74) is 0. The molecule has 5 nitrogen and oxygen atoms in total. The van der Waals surface area contributed by atoms with E-state index in [0.29, 0.717) is 12.5 Å². The first-order valence-electron chi connectivity index (χ1n) is 5.22. The Hall–Kier alpha value is -0.940. The molecule has 5 heteroatoms. The molecule has 0 fully saturated rings. The van der Waals surface area contributed by atoms with Crippen LogP contribution < -0.4 is 5.32 Å². The van der Waals surface area contributed by atoms with Crippen LogP contribution in [0.2, 0.25) is 0 Å². The van der Waals surface area contributed by atoms with Gasteiger partial charge in [0.1, 0.15) is 6.61 Å². The van der Waals surface area contributed by atoms with Gasteiger partial charge in [0.2, 0.25) is 0 Å². The van der Waals surface area contributed by atoms with Crippen molar-refractivity contribution in [1.82, 2.24) is 15.5 Å². The second kappa shape index (κ2) is 5.82. The van der Waals surface area contributed by atoms with E-state index in [9.17, 15) is 0 Å². The number of rotatable bonds is 6. The van der Waals surface area contributed by atoms with Crippen molar-refractivity contribution in [2.45, 2.75) is 39.4 Å². The van der Waals surface area contributed by atoms with E-state index >= 15 is 0 Å². The zero-order chi connectivity index (χ0) is 11.3. The first-order valence-corrected chi connectivity index (χ1v) is 5.22. The third kappa shape index (κ3) is 3.97. The van der Waals surface area contributed by atoms with Gasteiger partial charge in [0.05, 0.1) is 6.10 Å². The second-order valence-corrected chi connectivity index (χ2v) is 3.88. The fourth-order valence-corrected chi connectivity index (χ4v) is 1.12. The van der Waals surface area contributed by atoms with Crippen LogP contribution >= 0.6 is 0 Å². The molecule has 86 valence electrons.